The van der Waals surface area contributed by atoms with Crippen LogP contribution in [0.3, 0.4) is 0 Å². The van der Waals surface area contributed by atoms with Gasteiger partial charge in [-0.15, -0.1) is 0 Å². The second-order valence-corrected chi connectivity index (χ2v) is 8.17. The highest BCUT2D eigenvalue weighted by Gasteiger charge is 2.20. The highest BCUT2D eigenvalue weighted by molar-refractivity contribution is 7.92. The Hall–Kier alpha value is -2.52. The van der Waals surface area contributed by atoms with Gasteiger partial charge >= 0.3 is 5.97 Å². The minimum atomic E-state index is -3.99. The van der Waals surface area contributed by atoms with E-state index >= 15 is 0 Å². The standard InChI is InChI=1S/C18H22ClN3O5S/c1-4-5-8-22(2)17-14(18(23)24)9-12(11-20-17)21-28(25,26)13-6-7-16(27-3)15(19)10-13/h6-7,9-11,21H,4-5,8H2,1-3H3,(H,23,24). The predicted molar refractivity (Wildman–Crippen MR) is 108 cm³/mol. The Balaban J connectivity index is 2.34. The van der Waals surface area contributed by atoms with Crippen LogP contribution < -0.4 is 14.4 Å². The van der Waals surface area contributed by atoms with Gasteiger partial charge in [-0.25, -0.2) is 18.2 Å². The molecule has 152 valence electrons. The number of aromatic carboxylic acids is 1. The molecular weight excluding hydrogens is 406 g/mol. The number of pyridine rings is 1. The number of carboxylic acids is 1. The normalized spacial score (nSPS) is 11.1. The van der Waals surface area contributed by atoms with Crippen molar-refractivity contribution >= 4 is 39.1 Å². The monoisotopic (exact) mass is 427 g/mol. The lowest BCUT2D eigenvalue weighted by molar-refractivity contribution is 0.0697. The van der Waals surface area contributed by atoms with Crippen molar-refractivity contribution in [2.75, 3.05) is 30.3 Å². The lowest BCUT2D eigenvalue weighted by atomic mass is 10.2. The van der Waals surface area contributed by atoms with Crippen molar-refractivity contribution in [1.29, 1.82) is 0 Å². The smallest absolute Gasteiger partial charge is 0.339 e. The highest BCUT2D eigenvalue weighted by Crippen LogP contribution is 2.28. The predicted octanol–water partition coefficient (Wildman–Crippen LogP) is 3.48. The molecule has 2 N–H and O–H groups in total. The van der Waals surface area contributed by atoms with E-state index in [1.54, 1.807) is 11.9 Å². The second-order valence-electron chi connectivity index (χ2n) is 6.08. The number of sulfonamides is 1. The largest absolute Gasteiger partial charge is 0.495 e. The van der Waals surface area contributed by atoms with Gasteiger partial charge in [-0.05, 0) is 30.7 Å². The molecule has 1 heterocycles. The van der Waals surface area contributed by atoms with Gasteiger partial charge in [0.2, 0.25) is 0 Å². The van der Waals surface area contributed by atoms with Crippen LogP contribution in [0.5, 0.6) is 5.75 Å². The van der Waals surface area contributed by atoms with Crippen LogP contribution in [0.15, 0.2) is 35.4 Å². The molecule has 0 aliphatic rings. The Morgan fingerprint density at radius 2 is 2.07 bits per heavy atom. The number of unbranched alkanes of at least 4 members (excludes halogenated alkanes) is 1. The van der Waals surface area contributed by atoms with Crippen molar-refractivity contribution in [1.82, 2.24) is 4.98 Å². The van der Waals surface area contributed by atoms with Gasteiger partial charge in [0.15, 0.2) is 0 Å². The van der Waals surface area contributed by atoms with Crippen molar-refractivity contribution in [3.05, 3.63) is 41.0 Å². The average molecular weight is 428 g/mol. The fourth-order valence-electron chi connectivity index (χ4n) is 2.50. The van der Waals surface area contributed by atoms with E-state index in [0.717, 1.165) is 12.8 Å². The van der Waals surface area contributed by atoms with Gasteiger partial charge < -0.3 is 14.7 Å². The zero-order valence-electron chi connectivity index (χ0n) is 15.8. The number of ether oxygens (including phenoxy) is 1. The number of nitrogens with zero attached hydrogens (tertiary/aromatic N) is 2. The summed E-state index contributed by atoms with van der Waals surface area (Å²) in [6.07, 6.45) is 3.12. The Bertz CT molecular complexity index is 966. The summed E-state index contributed by atoms with van der Waals surface area (Å²) in [6.45, 7) is 2.67. The van der Waals surface area contributed by atoms with Crippen molar-refractivity contribution in [3.8, 4) is 5.75 Å². The highest BCUT2D eigenvalue weighted by atomic mass is 35.5. The zero-order chi connectivity index (χ0) is 20.9. The summed E-state index contributed by atoms with van der Waals surface area (Å²) < 4.78 is 32.5. The van der Waals surface area contributed by atoms with Crippen molar-refractivity contribution in [2.24, 2.45) is 0 Å². The number of hydrogen-bond acceptors (Lipinski definition) is 6. The third kappa shape index (κ3) is 5.05. The molecule has 0 amide bonds. The maximum absolute atomic E-state index is 12.6. The number of hydrogen-bond donors (Lipinski definition) is 2. The van der Waals surface area contributed by atoms with Crippen LogP contribution in [-0.2, 0) is 10.0 Å². The summed E-state index contributed by atoms with van der Waals surface area (Å²) >= 11 is 5.99. The molecule has 0 unspecified atom stereocenters. The Labute approximate surface area is 169 Å². The van der Waals surface area contributed by atoms with Crippen LogP contribution in [0.2, 0.25) is 5.02 Å². The van der Waals surface area contributed by atoms with Crippen LogP contribution >= 0.6 is 11.6 Å². The molecule has 8 nitrogen and oxygen atoms in total. The number of carbonyl (C=O) groups is 1. The maximum atomic E-state index is 12.6. The number of halogens is 1. The van der Waals surface area contributed by atoms with Crippen molar-refractivity contribution < 1.29 is 23.1 Å². The molecule has 0 bridgehead atoms. The van der Waals surface area contributed by atoms with E-state index in [0.29, 0.717) is 12.3 Å². The summed E-state index contributed by atoms with van der Waals surface area (Å²) in [5.74, 6) is -0.578. The van der Waals surface area contributed by atoms with Gasteiger partial charge in [0.25, 0.3) is 10.0 Å². The van der Waals surface area contributed by atoms with Gasteiger partial charge in [0, 0.05) is 13.6 Å². The number of anilines is 2. The summed E-state index contributed by atoms with van der Waals surface area (Å²) in [6, 6.07) is 5.27. The fourth-order valence-corrected chi connectivity index (χ4v) is 3.89. The molecular formula is C18H22ClN3O5S. The van der Waals surface area contributed by atoms with Gasteiger partial charge in [-0.1, -0.05) is 24.9 Å². The van der Waals surface area contributed by atoms with E-state index in [4.69, 9.17) is 16.3 Å². The van der Waals surface area contributed by atoms with Crippen LogP contribution in [-0.4, -0.2) is 45.2 Å². The molecule has 2 rings (SSSR count). The van der Waals surface area contributed by atoms with E-state index in [-0.39, 0.29) is 27.0 Å². The summed E-state index contributed by atoms with van der Waals surface area (Å²) in [7, 11) is -0.821. The minimum Gasteiger partial charge on any atom is -0.495 e. The summed E-state index contributed by atoms with van der Waals surface area (Å²) in [4.78, 5) is 17.4. The molecule has 1 aromatic carbocycles. The van der Waals surface area contributed by atoms with Crippen LogP contribution in [0.4, 0.5) is 11.5 Å². The van der Waals surface area contributed by atoms with E-state index in [2.05, 4.69) is 9.71 Å². The molecule has 2 aromatic rings. The number of nitrogens with one attached hydrogen (secondary N) is 1. The Morgan fingerprint density at radius 3 is 2.64 bits per heavy atom. The van der Waals surface area contributed by atoms with E-state index in [1.807, 2.05) is 6.92 Å². The molecule has 10 heteroatoms. The van der Waals surface area contributed by atoms with Gasteiger partial charge in [0.1, 0.15) is 17.1 Å². The third-order valence-electron chi connectivity index (χ3n) is 3.99. The van der Waals surface area contributed by atoms with Crippen molar-refractivity contribution in [3.63, 3.8) is 0 Å². The van der Waals surface area contributed by atoms with Gasteiger partial charge in [-0.2, -0.15) is 0 Å². The SMILES string of the molecule is CCCCN(C)c1ncc(NS(=O)(=O)c2ccc(OC)c(Cl)c2)cc1C(=O)O. The van der Waals surface area contributed by atoms with E-state index in [1.165, 1.54) is 37.6 Å². The van der Waals surface area contributed by atoms with E-state index < -0.39 is 16.0 Å². The lowest BCUT2D eigenvalue weighted by Crippen LogP contribution is -2.23. The lowest BCUT2D eigenvalue weighted by Gasteiger charge is -2.20. The number of aromatic nitrogens is 1. The average Bonchev–Trinajstić information content (AvgIpc) is 2.65. The fraction of sp³-hybridized carbons (Fsp3) is 0.333. The van der Waals surface area contributed by atoms with E-state index in [9.17, 15) is 18.3 Å². The molecule has 0 saturated heterocycles. The number of methoxy groups -OCH3 is 1. The minimum absolute atomic E-state index is 0.0389. The Morgan fingerprint density at radius 1 is 1.36 bits per heavy atom. The second kappa shape index (κ2) is 9.11. The molecule has 0 spiro atoms. The first kappa shape index (κ1) is 21.8. The first-order chi connectivity index (χ1) is 13.2. The van der Waals surface area contributed by atoms with Crippen LogP contribution in [0.25, 0.3) is 0 Å². The van der Waals surface area contributed by atoms with Crippen LogP contribution in [0.1, 0.15) is 30.1 Å². The van der Waals surface area contributed by atoms with Gasteiger partial charge in [0.05, 0.1) is 28.9 Å². The third-order valence-corrected chi connectivity index (χ3v) is 5.67. The summed E-state index contributed by atoms with van der Waals surface area (Å²) in [5, 5.41) is 9.64. The van der Waals surface area contributed by atoms with Gasteiger partial charge in [-0.3, -0.25) is 4.72 Å². The summed E-state index contributed by atoms with van der Waals surface area (Å²) in [5.41, 5.74) is -0.0523. The molecule has 1 aromatic heterocycles. The first-order valence-corrected chi connectivity index (χ1v) is 10.4. The topological polar surface area (TPSA) is 109 Å². The zero-order valence-corrected chi connectivity index (χ0v) is 17.3. The molecule has 0 fully saturated rings. The quantitative estimate of drug-likeness (QED) is 0.630. The molecule has 0 aliphatic heterocycles. The number of carboxylic acid groups (broad SMARTS) is 1. The first-order valence-electron chi connectivity index (χ1n) is 8.50. The molecule has 0 aliphatic carbocycles. The molecule has 28 heavy (non-hydrogen) atoms. The molecule has 0 saturated carbocycles. The Kier molecular flexibility index (Phi) is 7.09. The number of rotatable bonds is 9. The molecule has 0 atom stereocenters. The molecule has 0 radical (unpaired) electrons. The number of benzene rings is 1. The van der Waals surface area contributed by atoms with Crippen LogP contribution in [0, 0.1) is 0 Å². The van der Waals surface area contributed by atoms with Crippen molar-refractivity contribution in [2.45, 2.75) is 24.7 Å². The maximum Gasteiger partial charge on any atom is 0.339 e.